The van der Waals surface area contributed by atoms with Crippen LogP contribution in [-0.4, -0.2) is 18.2 Å². The number of amides is 1. The molecule has 1 N–H and O–H groups in total. The molecule has 0 heterocycles. The highest BCUT2D eigenvalue weighted by Gasteiger charge is 2.03. The molecule has 5 heteroatoms. The average molecular weight is 255 g/mol. The molecule has 0 saturated carbocycles. The van der Waals surface area contributed by atoms with Gasteiger partial charge < -0.3 is 4.74 Å². The molecule has 0 fully saturated rings. The van der Waals surface area contributed by atoms with E-state index in [-0.39, 0.29) is 12.0 Å². The third kappa shape index (κ3) is 4.87. The lowest BCUT2D eigenvalue weighted by Crippen LogP contribution is -2.12. The van der Waals surface area contributed by atoms with Gasteiger partial charge in [0.25, 0.3) is 0 Å². The number of carbonyl (C=O) groups excluding carboxylic acids is 1. The van der Waals surface area contributed by atoms with E-state index in [1.807, 2.05) is 19.9 Å². The first-order valence-electron chi connectivity index (χ1n) is 5.25. The molecule has 0 unspecified atom stereocenters. The van der Waals surface area contributed by atoms with Crippen LogP contribution in [0.5, 0.6) is 5.75 Å². The maximum absolute atomic E-state index is 10.6. The molecular weight excluding hydrogens is 240 g/mol. The van der Waals surface area contributed by atoms with Crippen molar-refractivity contribution in [3.8, 4) is 5.75 Å². The summed E-state index contributed by atoms with van der Waals surface area (Å²) < 4.78 is 5.50. The summed E-state index contributed by atoms with van der Waals surface area (Å²) in [7, 11) is 0. The standard InChI is InChI=1S/C12H15ClN2O2/c1-8(2)17-12-5-4-10(6-11(12)13)7-14-15-9(3)16/h4-8H,1-3H3,(H,15,16)/b14-7-. The van der Waals surface area contributed by atoms with Crippen molar-refractivity contribution in [2.75, 3.05) is 0 Å². The Morgan fingerprint density at radius 3 is 2.76 bits per heavy atom. The minimum atomic E-state index is -0.216. The molecule has 17 heavy (non-hydrogen) atoms. The maximum Gasteiger partial charge on any atom is 0.236 e. The van der Waals surface area contributed by atoms with E-state index >= 15 is 0 Å². The second-order valence-electron chi connectivity index (χ2n) is 3.78. The number of hydrogen-bond donors (Lipinski definition) is 1. The normalized spacial score (nSPS) is 10.9. The maximum atomic E-state index is 10.6. The Kier molecular flexibility index (Phi) is 4.97. The van der Waals surface area contributed by atoms with Gasteiger partial charge in [0.1, 0.15) is 5.75 Å². The quantitative estimate of drug-likeness (QED) is 0.663. The highest BCUT2D eigenvalue weighted by atomic mass is 35.5. The van der Waals surface area contributed by atoms with Crippen molar-refractivity contribution in [1.29, 1.82) is 0 Å². The van der Waals surface area contributed by atoms with Crippen LogP contribution in [0, 0.1) is 0 Å². The summed E-state index contributed by atoms with van der Waals surface area (Å²) in [5, 5.41) is 4.27. The van der Waals surface area contributed by atoms with Gasteiger partial charge in [-0.15, -0.1) is 0 Å². The van der Waals surface area contributed by atoms with Gasteiger partial charge in [0.05, 0.1) is 17.3 Å². The Labute approximate surface area is 106 Å². The Hall–Kier alpha value is -1.55. The van der Waals surface area contributed by atoms with Crippen LogP contribution in [0.15, 0.2) is 23.3 Å². The van der Waals surface area contributed by atoms with Gasteiger partial charge in [0.2, 0.25) is 5.91 Å². The molecule has 1 rings (SSSR count). The molecule has 0 saturated heterocycles. The van der Waals surface area contributed by atoms with Gasteiger partial charge in [0.15, 0.2) is 0 Å². The smallest absolute Gasteiger partial charge is 0.236 e. The third-order valence-electron chi connectivity index (χ3n) is 1.75. The molecule has 1 aromatic carbocycles. The number of rotatable bonds is 4. The number of halogens is 1. The second-order valence-corrected chi connectivity index (χ2v) is 4.19. The molecule has 0 aliphatic rings. The molecule has 0 aliphatic carbocycles. The van der Waals surface area contributed by atoms with E-state index < -0.39 is 0 Å². The van der Waals surface area contributed by atoms with Crippen molar-refractivity contribution >= 4 is 23.7 Å². The van der Waals surface area contributed by atoms with E-state index in [1.54, 1.807) is 12.1 Å². The predicted molar refractivity (Wildman–Crippen MR) is 68.6 cm³/mol. The van der Waals surface area contributed by atoms with Crippen LogP contribution in [-0.2, 0) is 4.79 Å². The molecule has 4 nitrogen and oxygen atoms in total. The van der Waals surface area contributed by atoms with Crippen LogP contribution in [0.2, 0.25) is 5.02 Å². The fourth-order valence-electron chi connectivity index (χ4n) is 1.14. The van der Waals surface area contributed by atoms with Crippen LogP contribution in [0.4, 0.5) is 0 Å². The number of hydrazone groups is 1. The third-order valence-corrected chi connectivity index (χ3v) is 2.05. The summed E-state index contributed by atoms with van der Waals surface area (Å²) in [4.78, 5) is 10.6. The van der Waals surface area contributed by atoms with Gasteiger partial charge in [0, 0.05) is 6.92 Å². The summed E-state index contributed by atoms with van der Waals surface area (Å²) in [6.07, 6.45) is 1.60. The lowest BCUT2D eigenvalue weighted by molar-refractivity contribution is -0.118. The molecule has 0 aliphatic heterocycles. The Morgan fingerprint density at radius 2 is 2.24 bits per heavy atom. The van der Waals surface area contributed by atoms with E-state index in [4.69, 9.17) is 16.3 Å². The first kappa shape index (κ1) is 13.5. The van der Waals surface area contributed by atoms with Crippen molar-refractivity contribution in [1.82, 2.24) is 5.43 Å². The van der Waals surface area contributed by atoms with E-state index in [2.05, 4.69) is 10.5 Å². The summed E-state index contributed by atoms with van der Waals surface area (Å²) >= 11 is 6.04. The fourth-order valence-corrected chi connectivity index (χ4v) is 1.38. The van der Waals surface area contributed by atoms with Gasteiger partial charge in [-0.25, -0.2) is 5.43 Å². The second kappa shape index (κ2) is 6.25. The number of ether oxygens (including phenoxy) is 1. The van der Waals surface area contributed by atoms with Gasteiger partial charge in [-0.3, -0.25) is 4.79 Å². The molecular formula is C12H15ClN2O2. The van der Waals surface area contributed by atoms with Crippen LogP contribution in [0.1, 0.15) is 26.3 Å². The van der Waals surface area contributed by atoms with Crippen LogP contribution in [0.3, 0.4) is 0 Å². The number of nitrogens with one attached hydrogen (secondary N) is 1. The molecule has 0 aromatic heterocycles. The van der Waals surface area contributed by atoms with Gasteiger partial charge in [-0.05, 0) is 37.6 Å². The van der Waals surface area contributed by atoms with Crippen molar-refractivity contribution in [2.45, 2.75) is 26.9 Å². The largest absolute Gasteiger partial charge is 0.489 e. The van der Waals surface area contributed by atoms with Crippen LogP contribution < -0.4 is 10.2 Å². The zero-order valence-electron chi connectivity index (χ0n) is 10.0. The average Bonchev–Trinajstić information content (AvgIpc) is 2.21. The Balaban J connectivity index is 2.74. The lowest BCUT2D eigenvalue weighted by Gasteiger charge is -2.11. The molecule has 0 radical (unpaired) electrons. The first-order valence-corrected chi connectivity index (χ1v) is 5.62. The first-order chi connectivity index (χ1) is 7.99. The zero-order valence-corrected chi connectivity index (χ0v) is 10.8. The van der Waals surface area contributed by atoms with Crippen LogP contribution in [0.25, 0.3) is 0 Å². The summed E-state index contributed by atoms with van der Waals surface area (Å²) in [6, 6.07) is 5.32. The molecule has 0 spiro atoms. The summed E-state index contributed by atoms with van der Waals surface area (Å²) in [6.45, 7) is 5.26. The van der Waals surface area contributed by atoms with Gasteiger partial charge in [-0.2, -0.15) is 5.10 Å². The van der Waals surface area contributed by atoms with Crippen molar-refractivity contribution in [2.24, 2.45) is 5.10 Å². The minimum Gasteiger partial charge on any atom is -0.489 e. The number of nitrogens with zero attached hydrogens (tertiary/aromatic N) is 1. The zero-order chi connectivity index (χ0) is 12.8. The summed E-state index contributed by atoms with van der Waals surface area (Å²) in [5.74, 6) is 0.422. The van der Waals surface area contributed by atoms with Crippen molar-refractivity contribution in [3.63, 3.8) is 0 Å². The number of hydrogen-bond acceptors (Lipinski definition) is 3. The molecule has 92 valence electrons. The molecule has 0 bridgehead atoms. The highest BCUT2D eigenvalue weighted by molar-refractivity contribution is 6.32. The topological polar surface area (TPSA) is 50.7 Å². The minimum absolute atomic E-state index is 0.0754. The van der Waals surface area contributed by atoms with E-state index in [0.717, 1.165) is 5.56 Å². The summed E-state index contributed by atoms with van der Waals surface area (Å²) in [5.41, 5.74) is 3.11. The predicted octanol–water partition coefficient (Wildman–Crippen LogP) is 2.60. The van der Waals surface area contributed by atoms with Gasteiger partial charge in [-0.1, -0.05) is 11.6 Å². The van der Waals surface area contributed by atoms with Crippen LogP contribution >= 0.6 is 11.6 Å². The molecule has 1 amide bonds. The molecule has 0 atom stereocenters. The van der Waals surface area contributed by atoms with E-state index in [0.29, 0.717) is 10.8 Å². The fraction of sp³-hybridized carbons (Fsp3) is 0.333. The number of benzene rings is 1. The van der Waals surface area contributed by atoms with Gasteiger partial charge >= 0.3 is 0 Å². The monoisotopic (exact) mass is 254 g/mol. The van der Waals surface area contributed by atoms with E-state index in [9.17, 15) is 4.79 Å². The lowest BCUT2D eigenvalue weighted by atomic mass is 10.2. The number of carbonyl (C=O) groups is 1. The molecule has 1 aromatic rings. The highest BCUT2D eigenvalue weighted by Crippen LogP contribution is 2.25. The Bertz CT molecular complexity index is 431. The van der Waals surface area contributed by atoms with Crippen molar-refractivity contribution < 1.29 is 9.53 Å². The SMILES string of the molecule is CC(=O)N/N=C\c1ccc(OC(C)C)c(Cl)c1. The van der Waals surface area contributed by atoms with E-state index in [1.165, 1.54) is 13.1 Å². The van der Waals surface area contributed by atoms with Crippen molar-refractivity contribution in [3.05, 3.63) is 28.8 Å². The Morgan fingerprint density at radius 1 is 1.53 bits per heavy atom.